The van der Waals surface area contributed by atoms with Crippen LogP contribution in [0.15, 0.2) is 0 Å². The Hall–Kier alpha value is -0.130. The van der Waals surface area contributed by atoms with Gasteiger partial charge in [0.05, 0.1) is 5.75 Å². The molecule has 1 aliphatic carbocycles. The van der Waals surface area contributed by atoms with E-state index in [1.54, 1.807) is 0 Å². The third-order valence-electron chi connectivity index (χ3n) is 3.05. The van der Waals surface area contributed by atoms with Gasteiger partial charge in [-0.15, -0.1) is 0 Å². The van der Waals surface area contributed by atoms with Crippen molar-refractivity contribution in [2.75, 3.05) is 18.8 Å². The minimum Gasteiger partial charge on any atom is -0.315 e. The zero-order valence-electron chi connectivity index (χ0n) is 9.04. The fraction of sp³-hybridized carbons (Fsp3) is 1.00. The van der Waals surface area contributed by atoms with E-state index in [0.717, 1.165) is 45.2 Å². The van der Waals surface area contributed by atoms with E-state index in [9.17, 15) is 8.42 Å². The van der Waals surface area contributed by atoms with Gasteiger partial charge in [-0.05, 0) is 38.1 Å². The molecule has 2 rings (SSSR count). The highest BCUT2D eigenvalue weighted by Crippen LogP contribution is 2.30. The van der Waals surface area contributed by atoms with Gasteiger partial charge in [-0.2, -0.15) is 0 Å². The molecule has 1 heterocycles. The van der Waals surface area contributed by atoms with E-state index >= 15 is 0 Å². The van der Waals surface area contributed by atoms with Crippen molar-refractivity contribution in [1.29, 1.82) is 0 Å². The number of nitrogens with one attached hydrogen (secondary N) is 2. The minimum atomic E-state index is -3.02. The van der Waals surface area contributed by atoms with Gasteiger partial charge in [-0.3, -0.25) is 0 Å². The number of sulfonamides is 1. The molecule has 2 N–H and O–H groups in total. The molecular weight excluding hydrogens is 212 g/mol. The third-order valence-corrected chi connectivity index (χ3v) is 4.65. The second kappa shape index (κ2) is 4.80. The highest BCUT2D eigenvalue weighted by Gasteiger charge is 2.29. The largest absolute Gasteiger partial charge is 0.315 e. The van der Waals surface area contributed by atoms with Crippen LogP contribution in [-0.2, 0) is 10.0 Å². The van der Waals surface area contributed by atoms with Gasteiger partial charge in [-0.25, -0.2) is 13.1 Å². The molecule has 0 bridgehead atoms. The molecule has 0 aromatic rings. The Morgan fingerprint density at radius 1 is 1.20 bits per heavy atom. The molecule has 4 nitrogen and oxygen atoms in total. The summed E-state index contributed by atoms with van der Waals surface area (Å²) in [7, 11) is -3.02. The summed E-state index contributed by atoms with van der Waals surface area (Å²) in [5, 5.41) is 3.26. The third kappa shape index (κ3) is 4.09. The smallest absolute Gasteiger partial charge is 0.212 e. The van der Waals surface area contributed by atoms with Gasteiger partial charge < -0.3 is 5.32 Å². The molecule has 2 fully saturated rings. The Labute approximate surface area is 91.9 Å². The van der Waals surface area contributed by atoms with E-state index in [0.29, 0.717) is 11.7 Å². The summed E-state index contributed by atoms with van der Waals surface area (Å²) in [6.45, 7) is 1.80. The van der Waals surface area contributed by atoms with E-state index in [2.05, 4.69) is 10.0 Å². The van der Waals surface area contributed by atoms with Crippen LogP contribution in [0.25, 0.3) is 0 Å². The minimum absolute atomic E-state index is 0.108. The number of rotatable bonds is 4. The van der Waals surface area contributed by atoms with Gasteiger partial charge in [0.25, 0.3) is 0 Å². The molecule has 1 saturated carbocycles. The lowest BCUT2D eigenvalue weighted by Gasteiger charge is -2.16. The van der Waals surface area contributed by atoms with Crippen LogP contribution in [0, 0.1) is 5.92 Å². The van der Waals surface area contributed by atoms with Crippen LogP contribution in [0.3, 0.4) is 0 Å². The molecule has 1 saturated heterocycles. The Balaban J connectivity index is 1.82. The van der Waals surface area contributed by atoms with Crippen molar-refractivity contribution in [1.82, 2.24) is 10.0 Å². The second-order valence-electron chi connectivity index (χ2n) is 4.74. The van der Waals surface area contributed by atoms with Gasteiger partial charge in [0, 0.05) is 12.6 Å². The summed E-state index contributed by atoms with van der Waals surface area (Å²) in [6, 6.07) is 0.108. The van der Waals surface area contributed by atoms with E-state index < -0.39 is 10.0 Å². The van der Waals surface area contributed by atoms with Gasteiger partial charge in [0.1, 0.15) is 0 Å². The SMILES string of the molecule is O=S(=O)(CC1CC1)NC1CCCCNC1. The average molecular weight is 232 g/mol. The first-order chi connectivity index (χ1) is 7.16. The lowest BCUT2D eigenvalue weighted by atomic mass is 10.2. The Bertz CT molecular complexity index is 291. The first-order valence-corrected chi connectivity index (χ1v) is 7.52. The van der Waals surface area contributed by atoms with Gasteiger partial charge >= 0.3 is 0 Å². The molecule has 1 unspecified atom stereocenters. The molecule has 1 aliphatic heterocycles. The molecule has 0 aromatic heterocycles. The fourth-order valence-corrected chi connectivity index (χ4v) is 3.78. The highest BCUT2D eigenvalue weighted by molar-refractivity contribution is 7.89. The topological polar surface area (TPSA) is 58.2 Å². The molecule has 0 spiro atoms. The fourth-order valence-electron chi connectivity index (χ4n) is 2.02. The molecule has 2 aliphatic rings. The maximum Gasteiger partial charge on any atom is 0.212 e. The molecule has 0 radical (unpaired) electrons. The summed E-state index contributed by atoms with van der Waals surface area (Å²) in [5.74, 6) is 0.769. The summed E-state index contributed by atoms with van der Waals surface area (Å²) in [5.41, 5.74) is 0. The summed E-state index contributed by atoms with van der Waals surface area (Å²) >= 11 is 0. The van der Waals surface area contributed by atoms with Crippen molar-refractivity contribution in [2.45, 2.75) is 38.1 Å². The molecule has 1 atom stereocenters. The van der Waals surface area contributed by atoms with Crippen molar-refractivity contribution >= 4 is 10.0 Å². The van der Waals surface area contributed by atoms with Crippen LogP contribution >= 0.6 is 0 Å². The van der Waals surface area contributed by atoms with Crippen LogP contribution < -0.4 is 10.0 Å². The van der Waals surface area contributed by atoms with E-state index in [1.165, 1.54) is 0 Å². The molecule has 0 aromatic carbocycles. The normalized spacial score (nSPS) is 28.7. The van der Waals surface area contributed by atoms with Gasteiger partial charge in [-0.1, -0.05) is 6.42 Å². The molecule has 0 amide bonds. The predicted octanol–water partition coefficient (Wildman–Crippen LogP) is 0.458. The van der Waals surface area contributed by atoms with Crippen molar-refractivity contribution in [3.63, 3.8) is 0 Å². The van der Waals surface area contributed by atoms with Gasteiger partial charge in [0.2, 0.25) is 10.0 Å². The number of hydrogen-bond donors (Lipinski definition) is 2. The molecular formula is C10H20N2O2S. The first-order valence-electron chi connectivity index (χ1n) is 5.86. The zero-order chi connectivity index (χ0) is 10.7. The van der Waals surface area contributed by atoms with Crippen LogP contribution in [0.1, 0.15) is 32.1 Å². The Morgan fingerprint density at radius 2 is 2.00 bits per heavy atom. The molecule has 15 heavy (non-hydrogen) atoms. The summed E-state index contributed by atoms with van der Waals surface area (Å²) in [6.07, 6.45) is 5.41. The quantitative estimate of drug-likeness (QED) is 0.740. The summed E-state index contributed by atoms with van der Waals surface area (Å²) in [4.78, 5) is 0. The first kappa shape index (κ1) is 11.4. The van der Waals surface area contributed by atoms with Gasteiger partial charge in [0.15, 0.2) is 0 Å². The maximum absolute atomic E-state index is 11.7. The van der Waals surface area contributed by atoms with Crippen molar-refractivity contribution in [3.05, 3.63) is 0 Å². The monoisotopic (exact) mass is 232 g/mol. The standard InChI is InChI=1S/C10H20N2O2S/c13-15(14,8-9-4-5-9)12-10-3-1-2-6-11-7-10/h9-12H,1-8H2. The van der Waals surface area contributed by atoms with Crippen LogP contribution in [0.5, 0.6) is 0 Å². The van der Waals surface area contributed by atoms with Crippen LogP contribution in [0.2, 0.25) is 0 Å². The van der Waals surface area contributed by atoms with Crippen molar-refractivity contribution in [3.8, 4) is 0 Å². The van der Waals surface area contributed by atoms with E-state index in [1.807, 2.05) is 0 Å². The maximum atomic E-state index is 11.7. The highest BCUT2D eigenvalue weighted by atomic mass is 32.2. The van der Waals surface area contributed by atoms with E-state index in [-0.39, 0.29) is 6.04 Å². The Kier molecular flexibility index (Phi) is 3.64. The zero-order valence-corrected chi connectivity index (χ0v) is 9.85. The Morgan fingerprint density at radius 3 is 2.73 bits per heavy atom. The molecule has 5 heteroatoms. The number of hydrogen-bond acceptors (Lipinski definition) is 3. The van der Waals surface area contributed by atoms with E-state index in [4.69, 9.17) is 0 Å². The summed E-state index contributed by atoms with van der Waals surface area (Å²) < 4.78 is 26.3. The lowest BCUT2D eigenvalue weighted by Crippen LogP contribution is -2.42. The van der Waals surface area contributed by atoms with Crippen LogP contribution in [0.4, 0.5) is 0 Å². The van der Waals surface area contributed by atoms with Crippen molar-refractivity contribution in [2.24, 2.45) is 5.92 Å². The lowest BCUT2D eigenvalue weighted by molar-refractivity contribution is 0.519. The second-order valence-corrected chi connectivity index (χ2v) is 6.54. The molecule has 88 valence electrons. The van der Waals surface area contributed by atoms with Crippen LogP contribution in [-0.4, -0.2) is 33.3 Å². The van der Waals surface area contributed by atoms with Crippen molar-refractivity contribution < 1.29 is 8.42 Å². The average Bonchev–Trinajstić information content (AvgIpc) is 2.92. The predicted molar refractivity (Wildman–Crippen MR) is 60.2 cm³/mol.